The summed E-state index contributed by atoms with van der Waals surface area (Å²) in [4.78, 5) is 36.3. The van der Waals surface area contributed by atoms with E-state index in [4.69, 9.17) is 5.41 Å². The maximum atomic E-state index is 12.4. The molecule has 5 heteroatoms. The number of hydrogen-bond acceptors (Lipinski definition) is 5. The van der Waals surface area contributed by atoms with Gasteiger partial charge in [0.1, 0.15) is 17.6 Å². The Morgan fingerprint density at radius 1 is 1.42 bits per heavy atom. The molecule has 0 saturated heterocycles. The molecule has 2 atom stereocenters. The van der Waals surface area contributed by atoms with Gasteiger partial charge < -0.3 is 10.1 Å². The Kier molecular flexibility index (Phi) is 4.61. The normalized spacial score (nSPS) is 26.1. The van der Waals surface area contributed by atoms with Crippen LogP contribution in [0.2, 0.25) is 0 Å². The van der Waals surface area contributed by atoms with Gasteiger partial charge in [0.05, 0.1) is 7.11 Å². The van der Waals surface area contributed by atoms with E-state index in [1.807, 2.05) is 6.92 Å². The van der Waals surface area contributed by atoms with Crippen molar-refractivity contribution in [1.29, 1.82) is 5.41 Å². The van der Waals surface area contributed by atoms with Crippen molar-refractivity contribution in [3.63, 3.8) is 0 Å². The summed E-state index contributed by atoms with van der Waals surface area (Å²) in [5, 5.41) is 7.87. The first-order valence-corrected chi connectivity index (χ1v) is 6.47. The van der Waals surface area contributed by atoms with E-state index >= 15 is 0 Å². The largest absolute Gasteiger partial charge is 0.468 e. The molecule has 1 saturated carbocycles. The van der Waals surface area contributed by atoms with Gasteiger partial charge in [-0.2, -0.15) is 0 Å². The van der Waals surface area contributed by atoms with Crippen LogP contribution in [0.15, 0.2) is 0 Å². The minimum Gasteiger partial charge on any atom is -0.468 e. The molecule has 0 spiro atoms. The van der Waals surface area contributed by atoms with Gasteiger partial charge in [0.25, 0.3) is 0 Å². The number of nitrogens with one attached hydrogen (secondary N) is 1. The zero-order valence-corrected chi connectivity index (χ0v) is 11.9. The minimum absolute atomic E-state index is 0.113. The molecule has 1 N–H and O–H groups in total. The van der Waals surface area contributed by atoms with E-state index in [1.54, 1.807) is 13.8 Å². The van der Waals surface area contributed by atoms with Crippen molar-refractivity contribution >= 4 is 23.2 Å². The number of hydrogen-bond donors (Lipinski definition) is 1. The summed E-state index contributed by atoms with van der Waals surface area (Å²) in [6.07, 6.45) is 1.22. The molecule has 19 heavy (non-hydrogen) atoms. The molecule has 1 fully saturated rings. The molecule has 0 heterocycles. The first-order valence-electron chi connectivity index (χ1n) is 6.47. The lowest BCUT2D eigenvalue weighted by Crippen LogP contribution is -2.51. The molecule has 0 bridgehead atoms. The molecule has 5 nitrogen and oxygen atoms in total. The van der Waals surface area contributed by atoms with E-state index in [2.05, 4.69) is 4.74 Å². The van der Waals surface area contributed by atoms with Crippen molar-refractivity contribution in [1.82, 2.24) is 0 Å². The molecule has 106 valence electrons. The first-order chi connectivity index (χ1) is 8.76. The second kappa shape index (κ2) is 5.63. The fourth-order valence-corrected chi connectivity index (χ4v) is 2.70. The molecule has 1 aliphatic rings. The topological polar surface area (TPSA) is 84.3 Å². The van der Waals surface area contributed by atoms with E-state index in [-0.39, 0.29) is 17.9 Å². The number of carbonyl (C=O) groups is 3. The van der Waals surface area contributed by atoms with Gasteiger partial charge in [-0.15, -0.1) is 0 Å². The number of ketones is 2. The Morgan fingerprint density at radius 3 is 2.47 bits per heavy atom. The second-order valence-corrected chi connectivity index (χ2v) is 5.70. The van der Waals surface area contributed by atoms with Gasteiger partial charge in [0, 0.05) is 12.1 Å². The molecule has 0 aromatic heterocycles. The average Bonchev–Trinajstić information content (AvgIpc) is 2.26. The maximum Gasteiger partial charge on any atom is 0.316 e. The van der Waals surface area contributed by atoms with Crippen molar-refractivity contribution in [2.24, 2.45) is 17.3 Å². The predicted molar refractivity (Wildman–Crippen MR) is 70.0 cm³/mol. The number of ether oxygens (including phenoxy) is 1. The summed E-state index contributed by atoms with van der Waals surface area (Å²) in [6.45, 7) is 5.31. The highest BCUT2D eigenvalue weighted by Crippen LogP contribution is 2.40. The average molecular weight is 267 g/mol. The minimum atomic E-state index is -1.06. The number of rotatable bonds is 4. The van der Waals surface area contributed by atoms with Gasteiger partial charge in [0.2, 0.25) is 0 Å². The monoisotopic (exact) mass is 267 g/mol. The van der Waals surface area contributed by atoms with E-state index in [0.717, 1.165) is 0 Å². The molecule has 0 aromatic carbocycles. The van der Waals surface area contributed by atoms with Gasteiger partial charge in [-0.1, -0.05) is 27.2 Å². The summed E-state index contributed by atoms with van der Waals surface area (Å²) in [6, 6.07) is 0. The number of esters is 1. The van der Waals surface area contributed by atoms with E-state index in [0.29, 0.717) is 12.8 Å². The Hall–Kier alpha value is -1.52. The number of Topliss-reactive ketones (excluding diaryl/α,β-unsaturated/α-hetero) is 2. The van der Waals surface area contributed by atoms with Gasteiger partial charge in [0.15, 0.2) is 5.78 Å². The predicted octanol–water partition coefficient (Wildman–Crippen LogP) is 1.78. The summed E-state index contributed by atoms with van der Waals surface area (Å²) in [5.41, 5.74) is -0.633. The van der Waals surface area contributed by atoms with Crippen LogP contribution in [-0.4, -0.2) is 30.4 Å². The molecule has 1 rings (SSSR count). The summed E-state index contributed by atoms with van der Waals surface area (Å²) in [5.74, 6) is -3.37. The van der Waals surface area contributed by atoms with Crippen molar-refractivity contribution in [3.05, 3.63) is 0 Å². The third-order valence-corrected chi connectivity index (χ3v) is 3.61. The second-order valence-electron chi connectivity index (χ2n) is 5.70. The summed E-state index contributed by atoms with van der Waals surface area (Å²) < 4.78 is 4.68. The molecule has 0 radical (unpaired) electrons. The van der Waals surface area contributed by atoms with Crippen LogP contribution in [0.3, 0.4) is 0 Å². The fraction of sp³-hybridized carbons (Fsp3) is 0.714. The maximum absolute atomic E-state index is 12.4. The van der Waals surface area contributed by atoms with Gasteiger partial charge >= 0.3 is 5.97 Å². The van der Waals surface area contributed by atoms with Crippen molar-refractivity contribution in [2.45, 2.75) is 40.0 Å². The van der Waals surface area contributed by atoms with Gasteiger partial charge in [-0.3, -0.25) is 14.4 Å². The third kappa shape index (κ3) is 2.91. The van der Waals surface area contributed by atoms with Crippen LogP contribution in [-0.2, 0) is 19.1 Å². The van der Waals surface area contributed by atoms with E-state index < -0.39 is 29.0 Å². The van der Waals surface area contributed by atoms with Gasteiger partial charge in [-0.05, 0) is 11.8 Å². The molecule has 1 unspecified atom stereocenters. The number of carbonyl (C=O) groups excluding carboxylic acids is 3. The standard InChI is InChI=1S/C14H21NO4/c1-5-6-8(15)10-9(16)7-14(2,3)11(12(10)17)13(18)19-4/h10-11,15H,5-7H2,1-4H3/t10?,11-/m0/s1. The van der Waals surface area contributed by atoms with Gasteiger partial charge in [-0.25, -0.2) is 0 Å². The van der Waals surface area contributed by atoms with Crippen LogP contribution in [0.4, 0.5) is 0 Å². The molecule has 1 aliphatic carbocycles. The highest BCUT2D eigenvalue weighted by Gasteiger charge is 2.52. The van der Waals surface area contributed by atoms with Crippen LogP contribution in [0.1, 0.15) is 40.0 Å². The highest BCUT2D eigenvalue weighted by atomic mass is 16.5. The fourth-order valence-electron chi connectivity index (χ4n) is 2.70. The lowest BCUT2D eigenvalue weighted by molar-refractivity contribution is -0.159. The smallest absolute Gasteiger partial charge is 0.316 e. The van der Waals surface area contributed by atoms with Crippen molar-refractivity contribution < 1.29 is 19.1 Å². The highest BCUT2D eigenvalue weighted by molar-refractivity contribution is 6.25. The number of methoxy groups -OCH3 is 1. The summed E-state index contributed by atoms with van der Waals surface area (Å²) in [7, 11) is 1.23. The lowest BCUT2D eigenvalue weighted by Gasteiger charge is -2.38. The zero-order valence-electron chi connectivity index (χ0n) is 11.9. The Bertz CT molecular complexity index is 425. The van der Waals surface area contributed by atoms with Crippen LogP contribution in [0, 0.1) is 22.7 Å². The van der Waals surface area contributed by atoms with Crippen LogP contribution in [0.5, 0.6) is 0 Å². The van der Waals surface area contributed by atoms with Crippen molar-refractivity contribution in [3.8, 4) is 0 Å². The SMILES string of the molecule is CCCC(=N)C1C(=O)CC(C)(C)[C@H](C(=O)OC)C1=O. The quantitative estimate of drug-likeness (QED) is 0.478. The Balaban J connectivity index is 3.12. The summed E-state index contributed by atoms with van der Waals surface area (Å²) >= 11 is 0. The first kappa shape index (κ1) is 15.5. The molecular weight excluding hydrogens is 246 g/mol. The Labute approximate surface area is 113 Å². The molecule has 0 aliphatic heterocycles. The Morgan fingerprint density at radius 2 is 2.00 bits per heavy atom. The molecule has 0 aromatic rings. The lowest BCUT2D eigenvalue weighted by atomic mass is 9.63. The van der Waals surface area contributed by atoms with Crippen LogP contribution in [0.25, 0.3) is 0 Å². The van der Waals surface area contributed by atoms with E-state index in [9.17, 15) is 14.4 Å². The molecule has 0 amide bonds. The molecular formula is C14H21NO4. The van der Waals surface area contributed by atoms with Crippen LogP contribution < -0.4 is 0 Å². The zero-order chi connectivity index (χ0) is 14.8. The van der Waals surface area contributed by atoms with Crippen molar-refractivity contribution in [2.75, 3.05) is 7.11 Å². The third-order valence-electron chi connectivity index (χ3n) is 3.61. The van der Waals surface area contributed by atoms with E-state index in [1.165, 1.54) is 7.11 Å². The van der Waals surface area contributed by atoms with Crippen LogP contribution >= 0.6 is 0 Å².